The number of para-hydroxylation sites is 1. The van der Waals surface area contributed by atoms with E-state index < -0.39 is 0 Å². The summed E-state index contributed by atoms with van der Waals surface area (Å²) in [7, 11) is 0. The zero-order valence-electron chi connectivity index (χ0n) is 14.7. The van der Waals surface area contributed by atoms with Crippen LogP contribution in [0.4, 0.5) is 0 Å². The first-order valence-electron chi connectivity index (χ1n) is 8.87. The molecule has 1 amide bonds. The smallest absolute Gasteiger partial charge is 0.258 e. The van der Waals surface area contributed by atoms with Crippen molar-refractivity contribution in [2.45, 2.75) is 12.5 Å². The minimum Gasteiger partial charge on any atom is -0.493 e. The molecule has 1 atom stereocenters. The van der Waals surface area contributed by atoms with Crippen LogP contribution in [-0.2, 0) is 4.79 Å². The lowest BCUT2D eigenvalue weighted by Crippen LogP contribution is -2.35. The molecule has 1 aliphatic rings. The zero-order valence-corrected chi connectivity index (χ0v) is 14.7. The van der Waals surface area contributed by atoms with Gasteiger partial charge in [-0.25, -0.2) is 0 Å². The van der Waals surface area contributed by atoms with Crippen LogP contribution in [-0.4, -0.2) is 25.4 Å². The lowest BCUT2D eigenvalue weighted by molar-refractivity contribution is -0.124. The monoisotopic (exact) mass is 361 g/mol. The van der Waals surface area contributed by atoms with Gasteiger partial charge in [0, 0.05) is 12.0 Å². The third-order valence-electron chi connectivity index (χ3n) is 4.70. The van der Waals surface area contributed by atoms with Gasteiger partial charge in [0.1, 0.15) is 11.5 Å². The number of fused-ring (bicyclic) bond motifs is 2. The Morgan fingerprint density at radius 3 is 2.81 bits per heavy atom. The number of rotatable bonds is 5. The summed E-state index contributed by atoms with van der Waals surface area (Å²) < 4.78 is 11.3. The van der Waals surface area contributed by atoms with E-state index in [1.807, 2.05) is 54.6 Å². The molecule has 0 fully saturated rings. The van der Waals surface area contributed by atoms with Gasteiger partial charge in [-0.15, -0.1) is 0 Å². The van der Waals surface area contributed by atoms with Gasteiger partial charge in [0.25, 0.3) is 5.91 Å². The van der Waals surface area contributed by atoms with Crippen LogP contribution in [0.1, 0.15) is 28.4 Å². The quantitative estimate of drug-likeness (QED) is 0.704. The van der Waals surface area contributed by atoms with Crippen molar-refractivity contribution in [3.63, 3.8) is 0 Å². The van der Waals surface area contributed by atoms with Crippen molar-refractivity contribution in [1.29, 1.82) is 0 Å². The number of hydrogen-bond acceptors (Lipinski definition) is 4. The van der Waals surface area contributed by atoms with E-state index in [1.165, 1.54) is 0 Å². The highest BCUT2D eigenvalue weighted by Crippen LogP contribution is 2.31. The van der Waals surface area contributed by atoms with Gasteiger partial charge in [0.2, 0.25) is 0 Å². The number of hydrogen-bond donors (Lipinski definition) is 1. The predicted molar refractivity (Wildman–Crippen MR) is 102 cm³/mol. The first-order valence-corrected chi connectivity index (χ1v) is 8.87. The lowest BCUT2D eigenvalue weighted by atomic mass is 10.0. The second kappa shape index (κ2) is 7.50. The molecular weight excluding hydrogens is 342 g/mol. The van der Waals surface area contributed by atoms with E-state index in [1.54, 1.807) is 6.07 Å². The maximum absolute atomic E-state index is 12.4. The molecule has 1 N–H and O–H groups in total. The van der Waals surface area contributed by atoms with Crippen molar-refractivity contribution in [2.24, 2.45) is 0 Å². The molecule has 5 nitrogen and oxygen atoms in total. The molecule has 1 aliphatic heterocycles. The van der Waals surface area contributed by atoms with Crippen LogP contribution in [0.3, 0.4) is 0 Å². The largest absolute Gasteiger partial charge is 0.493 e. The van der Waals surface area contributed by atoms with Crippen LogP contribution in [0, 0.1) is 0 Å². The van der Waals surface area contributed by atoms with E-state index in [9.17, 15) is 9.59 Å². The third-order valence-corrected chi connectivity index (χ3v) is 4.70. The third kappa shape index (κ3) is 3.49. The fourth-order valence-electron chi connectivity index (χ4n) is 3.39. The van der Waals surface area contributed by atoms with Crippen LogP contribution >= 0.6 is 0 Å². The number of benzene rings is 3. The Kier molecular flexibility index (Phi) is 4.75. The summed E-state index contributed by atoms with van der Waals surface area (Å²) in [6.07, 6.45) is 1.47. The highest BCUT2D eigenvalue weighted by atomic mass is 16.5. The van der Waals surface area contributed by atoms with Gasteiger partial charge in [-0.3, -0.25) is 9.59 Å². The molecule has 1 unspecified atom stereocenters. The molecule has 3 aromatic carbocycles. The van der Waals surface area contributed by atoms with E-state index in [-0.39, 0.29) is 18.6 Å². The summed E-state index contributed by atoms with van der Waals surface area (Å²) in [6, 6.07) is 18.8. The van der Waals surface area contributed by atoms with Crippen LogP contribution in [0.2, 0.25) is 0 Å². The fourth-order valence-corrected chi connectivity index (χ4v) is 3.39. The maximum atomic E-state index is 12.4. The first-order chi connectivity index (χ1) is 13.3. The van der Waals surface area contributed by atoms with E-state index in [0.717, 1.165) is 28.4 Å². The molecule has 5 heteroatoms. The van der Waals surface area contributed by atoms with Gasteiger partial charge >= 0.3 is 0 Å². The number of amides is 1. The van der Waals surface area contributed by atoms with Gasteiger partial charge in [-0.05, 0) is 22.9 Å². The number of ether oxygens (including phenoxy) is 2. The Labute approximate surface area is 156 Å². The molecule has 0 saturated heterocycles. The summed E-state index contributed by atoms with van der Waals surface area (Å²) in [5, 5.41) is 4.75. The van der Waals surface area contributed by atoms with E-state index in [2.05, 4.69) is 5.32 Å². The Balaban J connectivity index is 1.46. The molecule has 1 heterocycles. The highest BCUT2D eigenvalue weighted by Gasteiger charge is 2.22. The molecule has 0 bridgehead atoms. The van der Waals surface area contributed by atoms with Crippen molar-refractivity contribution in [3.8, 4) is 11.5 Å². The Hall–Kier alpha value is -3.34. The Bertz CT molecular complexity index is 999. The molecule has 0 saturated carbocycles. The van der Waals surface area contributed by atoms with Gasteiger partial charge < -0.3 is 14.8 Å². The molecule has 4 rings (SSSR count). The Morgan fingerprint density at radius 1 is 1.11 bits per heavy atom. The van der Waals surface area contributed by atoms with Crippen molar-refractivity contribution in [2.75, 3.05) is 13.2 Å². The molecule has 136 valence electrons. The van der Waals surface area contributed by atoms with Crippen molar-refractivity contribution in [3.05, 3.63) is 71.8 Å². The minimum atomic E-state index is -0.235. The average Bonchev–Trinajstić information content (AvgIpc) is 2.72. The molecule has 3 aromatic rings. The summed E-state index contributed by atoms with van der Waals surface area (Å²) in [4.78, 5) is 23.9. The molecule has 0 aromatic heterocycles. The Morgan fingerprint density at radius 2 is 1.93 bits per heavy atom. The van der Waals surface area contributed by atoms with Crippen molar-refractivity contribution in [1.82, 2.24) is 5.32 Å². The molecular formula is C22H19NO4. The second-order valence-electron chi connectivity index (χ2n) is 6.40. The number of carbonyl (C=O) groups is 2. The minimum absolute atomic E-state index is 0.104. The van der Waals surface area contributed by atoms with Gasteiger partial charge in [0.05, 0.1) is 18.2 Å². The van der Waals surface area contributed by atoms with Crippen LogP contribution < -0.4 is 14.8 Å². The van der Waals surface area contributed by atoms with Gasteiger partial charge in [0.15, 0.2) is 12.9 Å². The SMILES string of the molecule is O=Cc1c(OCC(=O)NC2CCOc3ccccc32)ccc2ccccc12. The highest BCUT2D eigenvalue weighted by molar-refractivity contribution is 6.00. The van der Waals surface area contributed by atoms with Crippen LogP contribution in [0.5, 0.6) is 11.5 Å². The van der Waals surface area contributed by atoms with Crippen LogP contribution in [0.15, 0.2) is 60.7 Å². The van der Waals surface area contributed by atoms with Crippen LogP contribution in [0.25, 0.3) is 10.8 Å². The molecule has 0 spiro atoms. The van der Waals surface area contributed by atoms with Gasteiger partial charge in [-0.1, -0.05) is 48.5 Å². The summed E-state index contributed by atoms with van der Waals surface area (Å²) in [6.45, 7) is 0.404. The van der Waals surface area contributed by atoms with Gasteiger partial charge in [-0.2, -0.15) is 0 Å². The number of nitrogens with one attached hydrogen (secondary N) is 1. The fraction of sp³-hybridized carbons (Fsp3) is 0.182. The molecule has 0 radical (unpaired) electrons. The van der Waals surface area contributed by atoms with E-state index in [4.69, 9.17) is 9.47 Å². The van der Waals surface area contributed by atoms with Crippen molar-refractivity contribution < 1.29 is 19.1 Å². The number of carbonyl (C=O) groups excluding carboxylic acids is 2. The zero-order chi connectivity index (χ0) is 18.6. The first kappa shape index (κ1) is 17.1. The number of aldehydes is 1. The maximum Gasteiger partial charge on any atom is 0.258 e. The summed E-state index contributed by atoms with van der Waals surface area (Å²) in [5.41, 5.74) is 1.42. The predicted octanol–water partition coefficient (Wildman–Crippen LogP) is 3.67. The second-order valence-corrected chi connectivity index (χ2v) is 6.40. The van der Waals surface area contributed by atoms with E-state index in [0.29, 0.717) is 24.3 Å². The average molecular weight is 361 g/mol. The standard InChI is InChI=1S/C22H19NO4/c24-13-18-16-6-2-1-5-15(16)9-10-21(18)27-14-22(25)23-19-11-12-26-20-8-4-3-7-17(19)20/h1-10,13,19H,11-12,14H2,(H,23,25). The normalized spacial score (nSPS) is 15.5. The molecule has 0 aliphatic carbocycles. The molecule has 27 heavy (non-hydrogen) atoms. The van der Waals surface area contributed by atoms with E-state index >= 15 is 0 Å². The van der Waals surface area contributed by atoms with Crippen molar-refractivity contribution >= 4 is 23.0 Å². The summed E-state index contributed by atoms with van der Waals surface area (Å²) in [5.74, 6) is 0.973. The lowest BCUT2D eigenvalue weighted by Gasteiger charge is -2.26. The topological polar surface area (TPSA) is 64.6 Å². The summed E-state index contributed by atoms with van der Waals surface area (Å²) >= 11 is 0.